The van der Waals surface area contributed by atoms with Gasteiger partial charge in [0.15, 0.2) is 0 Å². The van der Waals surface area contributed by atoms with Gasteiger partial charge in [-0.3, -0.25) is 0 Å². The lowest BCUT2D eigenvalue weighted by Crippen LogP contribution is -2.34. The molecule has 2 aromatic carbocycles. The zero-order valence-corrected chi connectivity index (χ0v) is 15.9. The molecule has 3 rings (SSSR count). The van der Waals surface area contributed by atoms with E-state index in [1.165, 1.54) is 24.3 Å². The van der Waals surface area contributed by atoms with E-state index in [0.29, 0.717) is 6.54 Å². The van der Waals surface area contributed by atoms with Crippen LogP contribution in [-0.2, 0) is 11.6 Å². The molecule has 0 aliphatic heterocycles. The fraction of sp³-hybridized carbons (Fsp3) is 0.222. The molecule has 0 saturated heterocycles. The number of hydrogen-bond acceptors (Lipinski definition) is 2. The molecule has 1 aromatic heterocycles. The Morgan fingerprint density at radius 1 is 0.917 bits per heavy atom. The minimum atomic E-state index is -0.355. The molecular weight excluding hydrogens is 324 g/mol. The topological polar surface area (TPSA) is 30.7 Å². The summed E-state index contributed by atoms with van der Waals surface area (Å²) in [5, 5.41) is 4.11. The predicted molar refractivity (Wildman–Crippen MR) is 93.0 cm³/mol. The Balaban J connectivity index is 2.10. The zero-order chi connectivity index (χ0) is 17.3. The second-order valence-corrected chi connectivity index (χ2v) is 7.92. The van der Waals surface area contributed by atoms with Gasteiger partial charge in [-0.25, -0.2) is 18.4 Å². The number of aryl methyl sites for hydroxylation is 2. The highest BCUT2D eigenvalue weighted by Crippen LogP contribution is 2.31. The van der Waals surface area contributed by atoms with Crippen molar-refractivity contribution in [2.75, 3.05) is 0 Å². The van der Waals surface area contributed by atoms with Crippen LogP contribution in [-0.4, -0.2) is 25.0 Å². The van der Waals surface area contributed by atoms with Gasteiger partial charge in [-0.15, -0.1) is 0 Å². The molecule has 6 heteroatoms. The van der Waals surface area contributed by atoms with Crippen molar-refractivity contribution in [1.29, 1.82) is 0 Å². The Labute approximate surface area is 142 Å². The molecule has 0 bridgehead atoms. The van der Waals surface area contributed by atoms with Crippen LogP contribution in [0.1, 0.15) is 22.8 Å². The third-order valence-electron chi connectivity index (χ3n) is 4.39. The second-order valence-electron chi connectivity index (χ2n) is 6.21. The molecule has 0 spiro atoms. The summed E-state index contributed by atoms with van der Waals surface area (Å²) in [4.78, 5) is 4.36. The summed E-state index contributed by atoms with van der Waals surface area (Å²) in [5.41, 5.74) is 1.99. The molecule has 1 heterocycles. The molecule has 0 N–H and O–H groups in total. The standard InChI is InChI=1S/C18H19F2N3Si/c1-12-21-13(2)23(22-12)11-18(24,14-3-7-16(19)8-4-14)15-5-9-17(20)10-6-15/h3-10H,11H2,1-2,24H3. The Kier molecular flexibility index (Phi) is 4.32. The molecule has 124 valence electrons. The van der Waals surface area contributed by atoms with E-state index >= 15 is 0 Å². The van der Waals surface area contributed by atoms with Crippen LogP contribution in [0.25, 0.3) is 0 Å². The number of aromatic nitrogens is 3. The van der Waals surface area contributed by atoms with Crippen LogP contribution >= 0.6 is 0 Å². The van der Waals surface area contributed by atoms with E-state index in [9.17, 15) is 8.78 Å². The van der Waals surface area contributed by atoms with Crippen molar-refractivity contribution in [3.8, 4) is 0 Å². The van der Waals surface area contributed by atoms with E-state index in [2.05, 4.69) is 10.1 Å². The normalized spacial score (nSPS) is 11.8. The summed E-state index contributed by atoms with van der Waals surface area (Å²) in [6, 6.07) is 13.0. The van der Waals surface area contributed by atoms with Gasteiger partial charge in [0, 0.05) is 15.3 Å². The minimum Gasteiger partial charge on any atom is -0.249 e. The van der Waals surface area contributed by atoms with Crippen LogP contribution in [0.2, 0.25) is 0 Å². The van der Waals surface area contributed by atoms with Crippen molar-refractivity contribution in [2.24, 2.45) is 0 Å². The van der Waals surface area contributed by atoms with Crippen LogP contribution in [0.15, 0.2) is 48.5 Å². The molecule has 24 heavy (non-hydrogen) atoms. The first-order valence-corrected chi connectivity index (χ1v) is 8.78. The first-order chi connectivity index (χ1) is 11.4. The van der Waals surface area contributed by atoms with Gasteiger partial charge in [0.25, 0.3) is 0 Å². The number of halogens is 2. The maximum absolute atomic E-state index is 13.4. The van der Waals surface area contributed by atoms with Gasteiger partial charge < -0.3 is 0 Å². The smallest absolute Gasteiger partial charge is 0.147 e. The molecule has 0 atom stereocenters. The first-order valence-electron chi connectivity index (χ1n) is 7.78. The average Bonchev–Trinajstić information content (AvgIpc) is 2.85. The average molecular weight is 343 g/mol. The second kappa shape index (κ2) is 6.28. The van der Waals surface area contributed by atoms with Gasteiger partial charge in [-0.05, 0) is 49.2 Å². The highest BCUT2D eigenvalue weighted by Gasteiger charge is 2.30. The lowest BCUT2D eigenvalue weighted by Gasteiger charge is -2.31. The third-order valence-corrected chi connectivity index (χ3v) is 5.86. The van der Waals surface area contributed by atoms with Gasteiger partial charge in [0.1, 0.15) is 23.3 Å². The first kappa shape index (κ1) is 16.5. The predicted octanol–water partition coefficient (Wildman–Crippen LogP) is 2.48. The number of rotatable bonds is 4. The van der Waals surface area contributed by atoms with E-state index in [4.69, 9.17) is 0 Å². The molecule has 3 aromatic rings. The summed E-state index contributed by atoms with van der Waals surface area (Å²) in [5.74, 6) is 1.01. The molecule has 3 nitrogen and oxygen atoms in total. The van der Waals surface area contributed by atoms with Crippen molar-refractivity contribution in [3.05, 3.63) is 82.9 Å². The quantitative estimate of drug-likeness (QED) is 0.682. The van der Waals surface area contributed by atoms with Crippen molar-refractivity contribution in [1.82, 2.24) is 14.8 Å². The molecule has 0 fully saturated rings. The Morgan fingerprint density at radius 3 is 1.75 bits per heavy atom. The molecule has 0 aliphatic rings. The third kappa shape index (κ3) is 3.14. The molecular formula is C18H19F2N3Si. The van der Waals surface area contributed by atoms with Gasteiger partial charge >= 0.3 is 0 Å². The van der Waals surface area contributed by atoms with Gasteiger partial charge in [0.05, 0.1) is 6.54 Å². The van der Waals surface area contributed by atoms with Crippen LogP contribution < -0.4 is 0 Å². The summed E-state index contributed by atoms with van der Waals surface area (Å²) in [6.07, 6.45) is 0. The van der Waals surface area contributed by atoms with Gasteiger partial charge in [-0.1, -0.05) is 24.3 Å². The van der Waals surface area contributed by atoms with Crippen LogP contribution in [0.3, 0.4) is 0 Å². The summed E-state index contributed by atoms with van der Waals surface area (Å²) in [6.45, 7) is 4.36. The lowest BCUT2D eigenvalue weighted by molar-refractivity contribution is 0.505. The van der Waals surface area contributed by atoms with Gasteiger partial charge in [-0.2, -0.15) is 5.10 Å². The monoisotopic (exact) mass is 343 g/mol. The van der Waals surface area contributed by atoms with E-state index in [1.807, 2.05) is 18.5 Å². The maximum Gasteiger partial charge on any atom is 0.147 e. The van der Waals surface area contributed by atoms with Crippen molar-refractivity contribution in [3.63, 3.8) is 0 Å². The molecule has 0 unspecified atom stereocenters. The number of benzene rings is 2. The molecule has 0 saturated carbocycles. The highest BCUT2D eigenvalue weighted by atomic mass is 28.1. The number of nitrogens with zero attached hydrogens (tertiary/aromatic N) is 3. The van der Waals surface area contributed by atoms with E-state index in [1.54, 1.807) is 24.3 Å². The Bertz CT molecular complexity index is 796. The lowest BCUT2D eigenvalue weighted by atomic mass is 9.89. The summed E-state index contributed by atoms with van der Waals surface area (Å²) in [7, 11) is 0.748. The maximum atomic E-state index is 13.4. The van der Waals surface area contributed by atoms with E-state index in [-0.39, 0.29) is 16.7 Å². The van der Waals surface area contributed by atoms with Gasteiger partial charge in [0.2, 0.25) is 0 Å². The van der Waals surface area contributed by atoms with Crippen molar-refractivity contribution < 1.29 is 8.78 Å². The minimum absolute atomic E-state index is 0.269. The van der Waals surface area contributed by atoms with E-state index in [0.717, 1.165) is 33.0 Å². The molecule has 0 radical (unpaired) electrons. The van der Waals surface area contributed by atoms with Crippen molar-refractivity contribution >= 4 is 10.2 Å². The van der Waals surface area contributed by atoms with E-state index < -0.39 is 0 Å². The largest absolute Gasteiger partial charge is 0.249 e. The highest BCUT2D eigenvalue weighted by molar-refractivity contribution is 6.18. The SMILES string of the molecule is Cc1nc(C)n(CC([SiH3])(c2ccc(F)cc2)c2ccc(F)cc2)n1. The zero-order valence-electron chi connectivity index (χ0n) is 13.9. The van der Waals surface area contributed by atoms with Crippen LogP contribution in [0, 0.1) is 25.5 Å². The summed E-state index contributed by atoms with van der Waals surface area (Å²) < 4.78 is 28.6. The molecule has 0 aliphatic carbocycles. The summed E-state index contributed by atoms with van der Waals surface area (Å²) >= 11 is 0. The van der Waals surface area contributed by atoms with Crippen LogP contribution in [0.4, 0.5) is 8.78 Å². The fourth-order valence-corrected chi connectivity index (χ4v) is 3.96. The Morgan fingerprint density at radius 2 is 1.38 bits per heavy atom. The Hall–Kier alpha value is -2.34. The van der Waals surface area contributed by atoms with Crippen LogP contribution in [0.5, 0.6) is 0 Å². The number of hydrogen-bond donors (Lipinski definition) is 0. The molecule has 0 amide bonds. The van der Waals surface area contributed by atoms with Crippen molar-refractivity contribution in [2.45, 2.75) is 25.4 Å². The fourth-order valence-electron chi connectivity index (χ4n) is 3.00.